The molecule has 0 radical (unpaired) electrons. The summed E-state index contributed by atoms with van der Waals surface area (Å²) < 4.78 is 0. The molecule has 2 atom stereocenters. The van der Waals surface area contributed by atoms with E-state index in [1.165, 1.54) is 33.0 Å². The van der Waals surface area contributed by atoms with Gasteiger partial charge in [-0.1, -0.05) is 72.9 Å². The van der Waals surface area contributed by atoms with E-state index in [4.69, 9.17) is 0 Å². The number of fused-ring (bicyclic) bond motifs is 3. The van der Waals surface area contributed by atoms with Gasteiger partial charge in [0.2, 0.25) is 0 Å². The van der Waals surface area contributed by atoms with Gasteiger partial charge in [0.15, 0.2) is 0 Å². The molecule has 2 aromatic carbocycles. The zero-order valence-corrected chi connectivity index (χ0v) is 12.6. The van der Waals surface area contributed by atoms with E-state index in [2.05, 4.69) is 61.7 Å². The molecule has 0 heteroatoms. The maximum Gasteiger partial charge on any atom is 0.0232 e. The van der Waals surface area contributed by atoms with Crippen LogP contribution in [0, 0.1) is 11.8 Å². The van der Waals surface area contributed by atoms with Crippen molar-refractivity contribution >= 4 is 10.8 Å². The van der Waals surface area contributed by atoms with Crippen molar-refractivity contribution in [1.82, 2.24) is 0 Å². The molecule has 0 aliphatic heterocycles. The standard InChI is InChI=1S/C22H18/c1-13-14(2)20-8-7-19(13)21-11-17-9-15-5-3-4-6-16(15)10-18(17)12-22(20)21/h3-10,19-20H,1-2,11-12H2. The summed E-state index contributed by atoms with van der Waals surface area (Å²) in [6.45, 7) is 8.58. The Morgan fingerprint density at radius 3 is 1.64 bits per heavy atom. The molecule has 0 nitrogen and oxygen atoms in total. The molecule has 4 aliphatic rings. The number of rotatable bonds is 0. The van der Waals surface area contributed by atoms with Crippen LogP contribution >= 0.6 is 0 Å². The summed E-state index contributed by atoms with van der Waals surface area (Å²) in [5.41, 5.74) is 8.64. The maximum absolute atomic E-state index is 4.29. The molecule has 0 saturated heterocycles. The smallest absolute Gasteiger partial charge is 0.0232 e. The summed E-state index contributed by atoms with van der Waals surface area (Å²) >= 11 is 0. The second kappa shape index (κ2) is 4.10. The first-order valence-corrected chi connectivity index (χ1v) is 8.01. The lowest BCUT2D eigenvalue weighted by Gasteiger charge is -2.42. The van der Waals surface area contributed by atoms with Crippen molar-refractivity contribution < 1.29 is 0 Å². The van der Waals surface area contributed by atoms with Gasteiger partial charge in [0.1, 0.15) is 0 Å². The molecule has 0 amide bonds. The van der Waals surface area contributed by atoms with E-state index in [9.17, 15) is 0 Å². The van der Waals surface area contributed by atoms with Gasteiger partial charge >= 0.3 is 0 Å². The number of benzene rings is 2. The van der Waals surface area contributed by atoms with Crippen LogP contribution < -0.4 is 0 Å². The van der Waals surface area contributed by atoms with Crippen LogP contribution in [0.25, 0.3) is 10.8 Å². The third-order valence-corrected chi connectivity index (χ3v) is 5.65. The molecular formula is C22H18. The van der Waals surface area contributed by atoms with Gasteiger partial charge < -0.3 is 0 Å². The highest BCUT2D eigenvalue weighted by atomic mass is 14.4. The van der Waals surface area contributed by atoms with Crippen LogP contribution in [0.1, 0.15) is 11.1 Å². The molecule has 2 bridgehead atoms. The third-order valence-electron chi connectivity index (χ3n) is 5.65. The fourth-order valence-electron chi connectivity index (χ4n) is 4.43. The second-order valence-electron chi connectivity index (χ2n) is 6.76. The molecule has 0 aromatic heterocycles. The molecule has 2 aromatic rings. The van der Waals surface area contributed by atoms with Gasteiger partial charge in [-0.05, 0) is 45.9 Å². The predicted octanol–water partition coefficient (Wildman–Crippen LogP) is 5.16. The highest BCUT2D eigenvalue weighted by Gasteiger charge is 2.38. The maximum atomic E-state index is 4.29. The average Bonchev–Trinajstić information content (AvgIpc) is 2.55. The molecule has 0 heterocycles. The van der Waals surface area contributed by atoms with Crippen LogP contribution in [-0.2, 0) is 12.8 Å². The van der Waals surface area contributed by atoms with Gasteiger partial charge in [-0.25, -0.2) is 0 Å². The zero-order valence-electron chi connectivity index (χ0n) is 12.6. The summed E-state index contributed by atoms with van der Waals surface area (Å²) in [4.78, 5) is 0. The Bertz CT molecular complexity index is 846. The SMILES string of the molecule is C=C1C(=C)C2C=CC1C1=C2Cc2cc3ccccc3cc2C1. The predicted molar refractivity (Wildman–Crippen MR) is 92.8 cm³/mol. The van der Waals surface area contributed by atoms with E-state index in [1.54, 1.807) is 11.1 Å². The van der Waals surface area contributed by atoms with Crippen LogP contribution in [0.3, 0.4) is 0 Å². The molecule has 0 saturated carbocycles. The summed E-state index contributed by atoms with van der Waals surface area (Å²) in [5, 5.41) is 2.70. The lowest BCUT2D eigenvalue weighted by molar-refractivity contribution is 0.650. The number of hydrogen-bond donors (Lipinski definition) is 0. The summed E-state index contributed by atoms with van der Waals surface area (Å²) in [6, 6.07) is 13.5. The Morgan fingerprint density at radius 2 is 1.18 bits per heavy atom. The van der Waals surface area contributed by atoms with Crippen LogP contribution in [0.4, 0.5) is 0 Å². The van der Waals surface area contributed by atoms with Gasteiger partial charge in [-0.15, -0.1) is 0 Å². The quantitative estimate of drug-likeness (QED) is 0.585. The van der Waals surface area contributed by atoms with Gasteiger partial charge in [-0.3, -0.25) is 0 Å². The van der Waals surface area contributed by atoms with E-state index in [0.29, 0.717) is 11.8 Å². The van der Waals surface area contributed by atoms with Crippen LogP contribution in [0.2, 0.25) is 0 Å². The molecule has 2 unspecified atom stereocenters. The van der Waals surface area contributed by atoms with Crippen molar-refractivity contribution in [3.63, 3.8) is 0 Å². The average molecular weight is 282 g/mol. The largest absolute Gasteiger partial charge is 0.0946 e. The lowest BCUT2D eigenvalue weighted by Crippen LogP contribution is -2.30. The fourth-order valence-corrected chi connectivity index (χ4v) is 4.43. The van der Waals surface area contributed by atoms with Gasteiger partial charge in [0.25, 0.3) is 0 Å². The van der Waals surface area contributed by atoms with Crippen molar-refractivity contribution in [2.75, 3.05) is 0 Å². The first-order valence-electron chi connectivity index (χ1n) is 8.01. The fraction of sp³-hybridized carbons (Fsp3) is 0.182. The molecule has 22 heavy (non-hydrogen) atoms. The van der Waals surface area contributed by atoms with E-state index in [0.717, 1.165) is 12.8 Å². The monoisotopic (exact) mass is 282 g/mol. The Morgan fingerprint density at radius 1 is 0.727 bits per heavy atom. The van der Waals surface area contributed by atoms with Crippen LogP contribution in [-0.4, -0.2) is 0 Å². The summed E-state index contributed by atoms with van der Waals surface area (Å²) in [7, 11) is 0. The highest BCUT2D eigenvalue weighted by molar-refractivity contribution is 5.84. The van der Waals surface area contributed by atoms with Gasteiger partial charge in [-0.2, -0.15) is 0 Å². The van der Waals surface area contributed by atoms with E-state index in [-0.39, 0.29) is 0 Å². The summed E-state index contributed by atoms with van der Waals surface area (Å²) in [5.74, 6) is 0.791. The Balaban J connectivity index is 1.68. The molecule has 0 N–H and O–H groups in total. The highest BCUT2D eigenvalue weighted by Crippen LogP contribution is 2.50. The second-order valence-corrected chi connectivity index (χ2v) is 6.76. The minimum Gasteiger partial charge on any atom is -0.0946 e. The van der Waals surface area contributed by atoms with Crippen molar-refractivity contribution in [2.24, 2.45) is 11.8 Å². The number of allylic oxidation sites excluding steroid dienone is 6. The first kappa shape index (κ1) is 12.2. The summed E-state index contributed by atoms with van der Waals surface area (Å²) in [6.07, 6.45) is 6.83. The van der Waals surface area contributed by atoms with Crippen molar-refractivity contribution in [3.8, 4) is 0 Å². The van der Waals surface area contributed by atoms with E-state index >= 15 is 0 Å². The minimum absolute atomic E-state index is 0.395. The van der Waals surface area contributed by atoms with Crippen LogP contribution in [0.5, 0.6) is 0 Å². The number of hydrogen-bond acceptors (Lipinski definition) is 0. The molecule has 106 valence electrons. The topological polar surface area (TPSA) is 0 Å². The van der Waals surface area contributed by atoms with Crippen molar-refractivity contribution in [1.29, 1.82) is 0 Å². The van der Waals surface area contributed by atoms with Crippen molar-refractivity contribution in [2.45, 2.75) is 12.8 Å². The first-order chi connectivity index (χ1) is 10.7. The molecule has 0 spiro atoms. The normalized spacial score (nSPS) is 25.6. The lowest BCUT2D eigenvalue weighted by atomic mass is 9.62. The Kier molecular flexibility index (Phi) is 2.28. The van der Waals surface area contributed by atoms with E-state index in [1.807, 2.05) is 0 Å². The molecule has 0 fully saturated rings. The van der Waals surface area contributed by atoms with Crippen molar-refractivity contribution in [3.05, 3.63) is 95.1 Å². The zero-order chi connectivity index (χ0) is 14.8. The molecule has 4 aliphatic carbocycles. The Labute approximate surface area is 131 Å². The molecular weight excluding hydrogens is 264 g/mol. The minimum atomic E-state index is 0.395. The third kappa shape index (κ3) is 1.47. The molecule has 6 rings (SSSR count). The Hall–Kier alpha value is -2.34. The van der Waals surface area contributed by atoms with Crippen LogP contribution in [0.15, 0.2) is 84.0 Å². The van der Waals surface area contributed by atoms with E-state index < -0.39 is 0 Å². The van der Waals surface area contributed by atoms with Gasteiger partial charge in [0, 0.05) is 11.8 Å². The van der Waals surface area contributed by atoms with Gasteiger partial charge in [0.05, 0.1) is 0 Å².